The number of hydrogen-bond acceptors (Lipinski definition) is 1. The van der Waals surface area contributed by atoms with E-state index in [1.54, 1.807) is 12.1 Å². The minimum absolute atomic E-state index is 0.175. The van der Waals surface area contributed by atoms with Crippen molar-refractivity contribution in [1.82, 2.24) is 9.47 Å². The van der Waals surface area contributed by atoms with E-state index in [-0.39, 0.29) is 11.6 Å². The normalized spacial score (nSPS) is 15.5. The van der Waals surface area contributed by atoms with Crippen molar-refractivity contribution >= 4 is 10.9 Å². The van der Waals surface area contributed by atoms with E-state index >= 15 is 0 Å². The summed E-state index contributed by atoms with van der Waals surface area (Å²) in [6.45, 7) is 3.16. The SMILES string of the molecule is Fc1ccc(CCN2CCC(n3ccc4ccc(-c5ccc(F)cc5)cc43)CC2)cc1. The second kappa shape index (κ2) is 8.64. The highest BCUT2D eigenvalue weighted by Crippen LogP contribution is 2.31. The molecule has 0 spiro atoms. The van der Waals surface area contributed by atoms with Crippen LogP contribution in [0.15, 0.2) is 79.0 Å². The summed E-state index contributed by atoms with van der Waals surface area (Å²) in [6.07, 6.45) is 5.40. The topological polar surface area (TPSA) is 8.17 Å². The maximum absolute atomic E-state index is 13.3. The molecule has 0 N–H and O–H groups in total. The quantitative estimate of drug-likeness (QED) is 0.362. The van der Waals surface area contributed by atoms with Crippen LogP contribution in [0.4, 0.5) is 8.78 Å². The van der Waals surface area contributed by atoms with E-state index in [2.05, 4.69) is 39.9 Å². The molecule has 3 aromatic carbocycles. The Kier molecular flexibility index (Phi) is 5.56. The van der Waals surface area contributed by atoms with Crippen LogP contribution in [0, 0.1) is 11.6 Å². The smallest absolute Gasteiger partial charge is 0.123 e. The van der Waals surface area contributed by atoms with E-state index in [1.165, 1.54) is 28.6 Å². The number of aromatic nitrogens is 1. The molecule has 158 valence electrons. The van der Waals surface area contributed by atoms with Crippen molar-refractivity contribution in [1.29, 1.82) is 0 Å². The number of fused-ring (bicyclic) bond motifs is 1. The first kappa shape index (κ1) is 20.0. The maximum atomic E-state index is 13.3. The van der Waals surface area contributed by atoms with Gasteiger partial charge in [0, 0.05) is 37.4 Å². The van der Waals surface area contributed by atoms with E-state index in [9.17, 15) is 8.78 Å². The lowest BCUT2D eigenvalue weighted by atomic mass is 10.0. The molecule has 1 aromatic heterocycles. The van der Waals surface area contributed by atoms with Crippen LogP contribution in [0.25, 0.3) is 22.0 Å². The molecule has 4 heteroatoms. The number of hydrogen-bond donors (Lipinski definition) is 0. The molecule has 2 nitrogen and oxygen atoms in total. The zero-order chi connectivity index (χ0) is 21.2. The summed E-state index contributed by atoms with van der Waals surface area (Å²) in [7, 11) is 0. The van der Waals surface area contributed by atoms with Crippen LogP contribution in [-0.2, 0) is 6.42 Å². The standard InChI is InChI=1S/C27H26F2N2/c28-24-7-1-20(2-8-24)11-15-30-16-13-26(14-17-30)31-18-12-22-3-4-23(19-27(22)31)21-5-9-25(29)10-6-21/h1-10,12,18-19,26H,11,13-17H2. The Hall–Kier alpha value is -2.98. The highest BCUT2D eigenvalue weighted by molar-refractivity contribution is 5.85. The van der Waals surface area contributed by atoms with Gasteiger partial charge in [0.25, 0.3) is 0 Å². The molecular formula is C27H26F2N2. The third-order valence-electron chi connectivity index (χ3n) is 6.48. The average Bonchev–Trinajstić information content (AvgIpc) is 3.23. The third-order valence-corrected chi connectivity index (χ3v) is 6.48. The predicted molar refractivity (Wildman–Crippen MR) is 122 cm³/mol. The summed E-state index contributed by atoms with van der Waals surface area (Å²) >= 11 is 0. The Morgan fingerprint density at radius 3 is 2.10 bits per heavy atom. The van der Waals surface area contributed by atoms with Gasteiger partial charge in [0.15, 0.2) is 0 Å². The largest absolute Gasteiger partial charge is 0.344 e. The monoisotopic (exact) mass is 416 g/mol. The number of benzene rings is 3. The number of rotatable bonds is 5. The minimum Gasteiger partial charge on any atom is -0.344 e. The molecular weight excluding hydrogens is 390 g/mol. The minimum atomic E-state index is -0.209. The summed E-state index contributed by atoms with van der Waals surface area (Å²) < 4.78 is 28.8. The fourth-order valence-corrected chi connectivity index (χ4v) is 4.65. The van der Waals surface area contributed by atoms with Crippen LogP contribution in [0.1, 0.15) is 24.4 Å². The molecule has 4 aromatic rings. The van der Waals surface area contributed by atoms with Gasteiger partial charge in [-0.3, -0.25) is 0 Å². The second-order valence-electron chi connectivity index (χ2n) is 8.45. The lowest BCUT2D eigenvalue weighted by Gasteiger charge is -2.33. The lowest BCUT2D eigenvalue weighted by Crippen LogP contribution is -2.35. The Labute approximate surface area is 181 Å². The lowest BCUT2D eigenvalue weighted by molar-refractivity contribution is 0.190. The Balaban J connectivity index is 1.26. The molecule has 0 atom stereocenters. The van der Waals surface area contributed by atoms with E-state index in [1.807, 2.05) is 24.3 Å². The Morgan fingerprint density at radius 1 is 0.742 bits per heavy atom. The summed E-state index contributed by atoms with van der Waals surface area (Å²) in [5.41, 5.74) is 4.58. The summed E-state index contributed by atoms with van der Waals surface area (Å²) in [4.78, 5) is 2.51. The van der Waals surface area contributed by atoms with Gasteiger partial charge >= 0.3 is 0 Å². The van der Waals surface area contributed by atoms with E-state index < -0.39 is 0 Å². The van der Waals surface area contributed by atoms with Crippen molar-refractivity contribution < 1.29 is 8.78 Å². The average molecular weight is 417 g/mol. The van der Waals surface area contributed by atoms with Gasteiger partial charge < -0.3 is 9.47 Å². The van der Waals surface area contributed by atoms with Gasteiger partial charge in [-0.1, -0.05) is 36.4 Å². The molecule has 5 rings (SSSR count). The maximum Gasteiger partial charge on any atom is 0.123 e. The molecule has 1 aliphatic heterocycles. The van der Waals surface area contributed by atoms with E-state index in [4.69, 9.17) is 0 Å². The summed E-state index contributed by atoms with van der Waals surface area (Å²) in [5.74, 6) is -0.384. The van der Waals surface area contributed by atoms with Crippen LogP contribution >= 0.6 is 0 Å². The molecule has 1 saturated heterocycles. The van der Waals surface area contributed by atoms with Crippen molar-refractivity contribution in [3.05, 3.63) is 96.2 Å². The first-order chi connectivity index (χ1) is 15.2. The molecule has 1 aliphatic rings. The van der Waals surface area contributed by atoms with E-state index in [0.717, 1.165) is 50.0 Å². The van der Waals surface area contributed by atoms with Gasteiger partial charge in [0.2, 0.25) is 0 Å². The number of nitrogens with zero attached hydrogens (tertiary/aromatic N) is 2. The Morgan fingerprint density at radius 2 is 1.39 bits per heavy atom. The molecule has 0 saturated carbocycles. The van der Waals surface area contributed by atoms with Crippen molar-refractivity contribution in [2.45, 2.75) is 25.3 Å². The highest BCUT2D eigenvalue weighted by Gasteiger charge is 2.21. The van der Waals surface area contributed by atoms with Gasteiger partial charge in [-0.25, -0.2) is 8.78 Å². The van der Waals surface area contributed by atoms with Gasteiger partial charge in [-0.2, -0.15) is 0 Å². The molecule has 1 fully saturated rings. The van der Waals surface area contributed by atoms with Crippen LogP contribution in [0.3, 0.4) is 0 Å². The van der Waals surface area contributed by atoms with Crippen LogP contribution in [0.2, 0.25) is 0 Å². The van der Waals surface area contributed by atoms with Gasteiger partial charge in [-0.15, -0.1) is 0 Å². The number of piperidine rings is 1. The van der Waals surface area contributed by atoms with Gasteiger partial charge in [0.05, 0.1) is 0 Å². The first-order valence-corrected chi connectivity index (χ1v) is 11.0. The number of halogens is 2. The predicted octanol–water partition coefficient (Wildman–Crippen LogP) is 6.47. The zero-order valence-corrected chi connectivity index (χ0v) is 17.5. The van der Waals surface area contributed by atoms with Crippen molar-refractivity contribution in [3.8, 4) is 11.1 Å². The van der Waals surface area contributed by atoms with Crippen molar-refractivity contribution in [2.75, 3.05) is 19.6 Å². The molecule has 31 heavy (non-hydrogen) atoms. The molecule has 0 bridgehead atoms. The van der Waals surface area contributed by atoms with Gasteiger partial charge in [-0.05, 0) is 77.7 Å². The summed E-state index contributed by atoms with van der Waals surface area (Å²) in [5, 5.41) is 1.24. The number of likely N-dealkylation sites (tertiary alicyclic amines) is 1. The molecule has 0 amide bonds. The second-order valence-corrected chi connectivity index (χ2v) is 8.45. The molecule has 2 heterocycles. The fourth-order valence-electron chi connectivity index (χ4n) is 4.65. The third kappa shape index (κ3) is 4.40. The zero-order valence-electron chi connectivity index (χ0n) is 17.5. The van der Waals surface area contributed by atoms with Crippen LogP contribution in [-0.4, -0.2) is 29.1 Å². The van der Waals surface area contributed by atoms with Crippen molar-refractivity contribution in [3.63, 3.8) is 0 Å². The highest BCUT2D eigenvalue weighted by atomic mass is 19.1. The van der Waals surface area contributed by atoms with E-state index in [0.29, 0.717) is 6.04 Å². The molecule has 0 unspecified atom stereocenters. The van der Waals surface area contributed by atoms with Gasteiger partial charge in [0.1, 0.15) is 11.6 Å². The fraction of sp³-hybridized carbons (Fsp3) is 0.259. The Bertz CT molecular complexity index is 1150. The van der Waals surface area contributed by atoms with Crippen LogP contribution in [0.5, 0.6) is 0 Å². The first-order valence-electron chi connectivity index (χ1n) is 11.0. The summed E-state index contributed by atoms with van der Waals surface area (Å²) in [6, 6.07) is 22.7. The molecule has 0 radical (unpaired) electrons. The van der Waals surface area contributed by atoms with Crippen molar-refractivity contribution in [2.24, 2.45) is 0 Å². The van der Waals surface area contributed by atoms with Crippen LogP contribution < -0.4 is 0 Å². The molecule has 0 aliphatic carbocycles.